The van der Waals surface area contributed by atoms with Gasteiger partial charge in [0.25, 0.3) is 0 Å². The molecule has 2 aliphatic heterocycles. The van der Waals surface area contributed by atoms with Crippen LogP contribution in [0.5, 0.6) is 11.5 Å². The average molecular weight is 440 g/mol. The predicted octanol–water partition coefficient (Wildman–Crippen LogP) is 3.37. The molecule has 162 valence electrons. The summed E-state index contributed by atoms with van der Waals surface area (Å²) in [7, 11) is 0. The Balaban J connectivity index is 1.35. The zero-order valence-electron chi connectivity index (χ0n) is 17.3. The van der Waals surface area contributed by atoms with E-state index in [0.717, 1.165) is 35.8 Å². The number of benzene rings is 1. The third-order valence-corrected chi connectivity index (χ3v) is 7.14. The summed E-state index contributed by atoms with van der Waals surface area (Å²) in [5.41, 5.74) is 1.85. The number of fused-ring (bicyclic) bond motifs is 2. The van der Waals surface area contributed by atoms with Gasteiger partial charge in [-0.15, -0.1) is 17.9 Å². The summed E-state index contributed by atoms with van der Waals surface area (Å²) < 4.78 is 11.2. The first kappa shape index (κ1) is 20.1. The van der Waals surface area contributed by atoms with Crippen LogP contribution in [0.3, 0.4) is 0 Å². The van der Waals surface area contributed by atoms with Crippen LogP contribution in [0.1, 0.15) is 29.8 Å². The monoisotopic (exact) mass is 439 g/mol. The smallest absolute Gasteiger partial charge is 0.234 e. The standard InChI is InChI=1S/C23H25N3O4S/c1-2-9-25(23-24-17-5-3-4-6-20(17)31-23)22(28)15-12-21(27)26(14-15)16-7-8-18-19(13-16)30-11-10-29-18/h2,7-8,13,15H,1,3-6,9-12,14H2/t15-/m1/s1. The minimum absolute atomic E-state index is 0.0629. The minimum Gasteiger partial charge on any atom is -0.486 e. The van der Waals surface area contributed by atoms with Crippen LogP contribution in [0.25, 0.3) is 0 Å². The Morgan fingerprint density at radius 2 is 2.06 bits per heavy atom. The van der Waals surface area contributed by atoms with Gasteiger partial charge in [0.2, 0.25) is 11.8 Å². The molecule has 0 bridgehead atoms. The van der Waals surface area contributed by atoms with Gasteiger partial charge in [-0.2, -0.15) is 0 Å². The van der Waals surface area contributed by atoms with Crippen molar-refractivity contribution < 1.29 is 19.1 Å². The number of hydrogen-bond acceptors (Lipinski definition) is 6. The van der Waals surface area contributed by atoms with E-state index < -0.39 is 5.92 Å². The fourth-order valence-corrected chi connectivity index (χ4v) is 5.55. The third-order valence-electron chi connectivity index (χ3n) is 5.95. The van der Waals surface area contributed by atoms with Gasteiger partial charge in [-0.25, -0.2) is 4.98 Å². The second-order valence-corrected chi connectivity index (χ2v) is 9.11. The Bertz CT molecular complexity index is 1010. The summed E-state index contributed by atoms with van der Waals surface area (Å²) in [6.07, 6.45) is 6.23. The molecule has 1 fully saturated rings. The maximum absolute atomic E-state index is 13.4. The van der Waals surface area contributed by atoms with Gasteiger partial charge in [0.1, 0.15) is 13.2 Å². The van der Waals surface area contributed by atoms with Crippen molar-refractivity contribution in [1.29, 1.82) is 0 Å². The first-order chi connectivity index (χ1) is 15.1. The lowest BCUT2D eigenvalue weighted by atomic mass is 10.0. The van der Waals surface area contributed by atoms with Crippen molar-refractivity contribution in [2.24, 2.45) is 5.92 Å². The van der Waals surface area contributed by atoms with Crippen molar-refractivity contribution in [2.75, 3.05) is 36.1 Å². The molecule has 0 N–H and O–H groups in total. The molecule has 8 heteroatoms. The molecule has 0 unspecified atom stereocenters. The molecule has 0 radical (unpaired) electrons. The van der Waals surface area contributed by atoms with E-state index in [1.807, 2.05) is 18.2 Å². The van der Waals surface area contributed by atoms with Gasteiger partial charge in [0.05, 0.1) is 11.6 Å². The van der Waals surface area contributed by atoms with Crippen molar-refractivity contribution in [3.05, 3.63) is 41.4 Å². The highest BCUT2D eigenvalue weighted by Crippen LogP contribution is 2.37. The maximum Gasteiger partial charge on any atom is 0.234 e. The van der Waals surface area contributed by atoms with Crippen molar-refractivity contribution in [3.8, 4) is 11.5 Å². The van der Waals surface area contributed by atoms with Crippen LogP contribution in [-0.2, 0) is 22.4 Å². The highest BCUT2D eigenvalue weighted by atomic mass is 32.1. The van der Waals surface area contributed by atoms with Crippen LogP contribution in [-0.4, -0.2) is 43.1 Å². The molecule has 5 rings (SSSR count). The lowest BCUT2D eigenvalue weighted by Crippen LogP contribution is -2.37. The van der Waals surface area contributed by atoms with Crippen molar-refractivity contribution >= 4 is 34.0 Å². The summed E-state index contributed by atoms with van der Waals surface area (Å²) in [5.74, 6) is 0.764. The first-order valence-electron chi connectivity index (χ1n) is 10.7. The Morgan fingerprint density at radius 1 is 1.26 bits per heavy atom. The van der Waals surface area contributed by atoms with Gasteiger partial charge in [0.15, 0.2) is 16.6 Å². The lowest BCUT2D eigenvalue weighted by molar-refractivity contribution is -0.124. The molecular weight excluding hydrogens is 414 g/mol. The molecule has 3 aliphatic rings. The first-order valence-corrected chi connectivity index (χ1v) is 11.6. The predicted molar refractivity (Wildman–Crippen MR) is 119 cm³/mol. The molecule has 31 heavy (non-hydrogen) atoms. The molecule has 2 aromatic rings. The number of rotatable bonds is 5. The molecule has 2 amide bonds. The molecule has 1 aliphatic carbocycles. The fourth-order valence-electron chi connectivity index (χ4n) is 4.39. The maximum atomic E-state index is 13.4. The van der Waals surface area contributed by atoms with Gasteiger partial charge < -0.3 is 14.4 Å². The fraction of sp³-hybridized carbons (Fsp3) is 0.435. The number of ether oxygens (including phenoxy) is 2. The minimum atomic E-state index is -0.415. The summed E-state index contributed by atoms with van der Waals surface area (Å²) >= 11 is 1.60. The molecule has 1 aromatic heterocycles. The van der Waals surface area contributed by atoms with Crippen LogP contribution in [0.2, 0.25) is 0 Å². The molecule has 1 aromatic carbocycles. The van der Waals surface area contributed by atoms with Crippen LogP contribution < -0.4 is 19.3 Å². The van der Waals surface area contributed by atoms with E-state index in [9.17, 15) is 9.59 Å². The number of aromatic nitrogens is 1. The van der Waals surface area contributed by atoms with Gasteiger partial charge in [-0.3, -0.25) is 14.5 Å². The normalized spacial score (nSPS) is 19.8. The molecule has 0 saturated carbocycles. The zero-order chi connectivity index (χ0) is 21.4. The van der Waals surface area contributed by atoms with Crippen LogP contribution in [0.15, 0.2) is 30.9 Å². The van der Waals surface area contributed by atoms with Gasteiger partial charge in [-0.05, 0) is 37.8 Å². The summed E-state index contributed by atoms with van der Waals surface area (Å²) in [4.78, 5) is 35.6. The number of carbonyl (C=O) groups is 2. The van der Waals surface area contributed by atoms with E-state index in [0.29, 0.717) is 37.8 Å². The second-order valence-electron chi connectivity index (χ2n) is 8.04. The topological polar surface area (TPSA) is 72.0 Å². The van der Waals surface area contributed by atoms with Gasteiger partial charge >= 0.3 is 0 Å². The van der Waals surface area contributed by atoms with E-state index in [4.69, 9.17) is 14.5 Å². The van der Waals surface area contributed by atoms with E-state index in [1.165, 1.54) is 11.3 Å². The Hall–Kier alpha value is -2.87. The summed E-state index contributed by atoms with van der Waals surface area (Å²) in [5, 5.41) is 0.724. The number of anilines is 2. The quantitative estimate of drug-likeness (QED) is 0.668. The zero-order valence-corrected chi connectivity index (χ0v) is 18.2. The van der Waals surface area contributed by atoms with Crippen LogP contribution in [0, 0.1) is 5.92 Å². The second kappa shape index (κ2) is 8.34. The van der Waals surface area contributed by atoms with Gasteiger partial charge in [0, 0.05) is 36.1 Å². The van der Waals surface area contributed by atoms with E-state index in [1.54, 1.807) is 27.2 Å². The largest absolute Gasteiger partial charge is 0.486 e. The number of hydrogen-bond donors (Lipinski definition) is 0. The van der Waals surface area contributed by atoms with E-state index in [2.05, 4.69) is 6.58 Å². The molecule has 7 nitrogen and oxygen atoms in total. The Kier molecular flexibility index (Phi) is 5.40. The number of aryl methyl sites for hydroxylation is 2. The number of carbonyl (C=O) groups excluding carboxylic acids is 2. The Labute approximate surface area is 185 Å². The number of nitrogens with zero attached hydrogens (tertiary/aromatic N) is 3. The highest BCUT2D eigenvalue weighted by Gasteiger charge is 2.38. The molecule has 0 spiro atoms. The lowest BCUT2D eigenvalue weighted by Gasteiger charge is -2.23. The molecular formula is C23H25N3O4S. The molecule has 3 heterocycles. The van der Waals surface area contributed by atoms with Crippen molar-refractivity contribution in [1.82, 2.24) is 4.98 Å². The van der Waals surface area contributed by atoms with Crippen LogP contribution in [0.4, 0.5) is 10.8 Å². The van der Waals surface area contributed by atoms with E-state index >= 15 is 0 Å². The highest BCUT2D eigenvalue weighted by molar-refractivity contribution is 7.16. The average Bonchev–Trinajstić information content (AvgIpc) is 3.40. The van der Waals surface area contributed by atoms with Crippen molar-refractivity contribution in [2.45, 2.75) is 32.1 Å². The SMILES string of the molecule is C=CCN(C(=O)[C@@H]1CC(=O)N(c2ccc3c(c2)OCCO3)C1)c1nc2c(s1)CCCC2. The Morgan fingerprint density at radius 3 is 2.87 bits per heavy atom. The van der Waals surface area contributed by atoms with Crippen LogP contribution >= 0.6 is 11.3 Å². The van der Waals surface area contributed by atoms with Gasteiger partial charge in [-0.1, -0.05) is 6.08 Å². The van der Waals surface area contributed by atoms with E-state index in [-0.39, 0.29) is 18.2 Å². The third kappa shape index (κ3) is 3.80. The molecule has 1 atom stereocenters. The summed E-state index contributed by atoms with van der Waals surface area (Å²) in [6, 6.07) is 5.47. The number of amides is 2. The summed E-state index contributed by atoms with van der Waals surface area (Å²) in [6.45, 7) is 5.55. The molecule has 1 saturated heterocycles. The van der Waals surface area contributed by atoms with Crippen molar-refractivity contribution in [3.63, 3.8) is 0 Å². The number of thiazole rings is 1.